The number of rotatable bonds is 7. The molecule has 2 atom stereocenters. The van der Waals surface area contributed by atoms with Crippen molar-refractivity contribution in [3.05, 3.63) is 59.5 Å². The zero-order chi connectivity index (χ0) is 21.0. The Hall–Kier alpha value is -3.09. The third-order valence-corrected chi connectivity index (χ3v) is 5.17. The number of furan rings is 1. The summed E-state index contributed by atoms with van der Waals surface area (Å²) in [6.45, 7) is 4.22. The fourth-order valence-electron chi connectivity index (χ4n) is 3.69. The van der Waals surface area contributed by atoms with Crippen LogP contribution >= 0.6 is 0 Å². The van der Waals surface area contributed by atoms with Crippen molar-refractivity contribution < 1.29 is 23.9 Å². The zero-order valence-electron chi connectivity index (χ0n) is 16.6. The lowest BCUT2D eigenvalue weighted by molar-refractivity contribution is -0.142. The summed E-state index contributed by atoms with van der Waals surface area (Å²) in [5.41, 5.74) is 1.99. The Morgan fingerprint density at radius 1 is 1.17 bits per heavy atom. The van der Waals surface area contributed by atoms with Crippen LogP contribution < -0.4 is 5.32 Å². The molecule has 0 spiro atoms. The molecule has 7 heteroatoms. The lowest BCUT2D eigenvalue weighted by Gasteiger charge is -2.35. The number of hydrogen-bond donors (Lipinski definition) is 2. The van der Waals surface area contributed by atoms with Gasteiger partial charge in [0.2, 0.25) is 5.91 Å². The number of aliphatic carboxylic acids is 1. The highest BCUT2D eigenvalue weighted by molar-refractivity contribution is 5.96. The topological polar surface area (TPSA) is 99.9 Å². The maximum Gasteiger partial charge on any atom is 0.308 e. The van der Waals surface area contributed by atoms with Gasteiger partial charge in [-0.2, -0.15) is 0 Å². The van der Waals surface area contributed by atoms with Gasteiger partial charge in [0, 0.05) is 19.5 Å². The van der Waals surface area contributed by atoms with Gasteiger partial charge in [-0.25, -0.2) is 0 Å². The third-order valence-electron chi connectivity index (χ3n) is 5.17. The number of benzene rings is 1. The molecule has 0 aliphatic carbocycles. The normalized spacial score (nSPS) is 16.9. The van der Waals surface area contributed by atoms with Crippen LogP contribution in [-0.2, 0) is 22.6 Å². The maximum atomic E-state index is 13.0. The first-order valence-corrected chi connectivity index (χ1v) is 9.78. The van der Waals surface area contributed by atoms with Crippen LogP contribution in [-0.4, -0.2) is 40.4 Å². The van der Waals surface area contributed by atoms with Crippen molar-refractivity contribution in [3.63, 3.8) is 0 Å². The lowest BCUT2D eigenvalue weighted by atomic mass is 9.92. The highest BCUT2D eigenvalue weighted by Crippen LogP contribution is 2.25. The van der Waals surface area contributed by atoms with E-state index in [9.17, 15) is 19.5 Å². The van der Waals surface area contributed by atoms with E-state index in [-0.39, 0.29) is 30.0 Å². The van der Waals surface area contributed by atoms with E-state index in [4.69, 9.17) is 4.42 Å². The second-order valence-corrected chi connectivity index (χ2v) is 7.81. The van der Waals surface area contributed by atoms with Crippen molar-refractivity contribution in [2.24, 2.45) is 11.8 Å². The van der Waals surface area contributed by atoms with E-state index in [1.54, 1.807) is 12.1 Å². The molecule has 1 aliphatic heterocycles. The van der Waals surface area contributed by atoms with Gasteiger partial charge in [-0.3, -0.25) is 14.4 Å². The molecule has 2 aromatic rings. The third kappa shape index (κ3) is 4.85. The minimum Gasteiger partial charge on any atom is -0.481 e. The van der Waals surface area contributed by atoms with Gasteiger partial charge in [0.1, 0.15) is 6.04 Å². The number of carbonyl (C=O) groups is 3. The number of fused-ring (bicyclic) bond motifs is 1. The number of hydrogen-bond acceptors (Lipinski definition) is 4. The summed E-state index contributed by atoms with van der Waals surface area (Å²) in [5, 5.41) is 12.2. The van der Waals surface area contributed by atoms with E-state index in [1.165, 1.54) is 11.2 Å². The monoisotopic (exact) mass is 398 g/mol. The van der Waals surface area contributed by atoms with Crippen LogP contribution in [0.25, 0.3) is 0 Å². The molecule has 0 radical (unpaired) electrons. The van der Waals surface area contributed by atoms with Crippen LogP contribution in [0.4, 0.5) is 0 Å². The number of nitrogens with one attached hydrogen (secondary N) is 1. The summed E-state index contributed by atoms with van der Waals surface area (Å²) >= 11 is 0. The van der Waals surface area contributed by atoms with Crippen molar-refractivity contribution >= 4 is 17.8 Å². The number of amides is 2. The van der Waals surface area contributed by atoms with Crippen LogP contribution in [0.2, 0.25) is 0 Å². The molecule has 2 heterocycles. The van der Waals surface area contributed by atoms with Crippen LogP contribution in [0.1, 0.15) is 41.9 Å². The molecule has 1 aromatic carbocycles. The van der Waals surface area contributed by atoms with Crippen molar-refractivity contribution in [2.45, 2.75) is 39.3 Å². The van der Waals surface area contributed by atoms with Crippen molar-refractivity contribution in [3.8, 4) is 0 Å². The lowest BCUT2D eigenvalue weighted by Crippen LogP contribution is -2.53. The number of carboxylic acids is 1. The van der Waals surface area contributed by atoms with E-state index in [0.717, 1.165) is 11.1 Å². The van der Waals surface area contributed by atoms with E-state index in [1.807, 2.05) is 38.1 Å². The molecule has 2 amide bonds. The van der Waals surface area contributed by atoms with Crippen LogP contribution in [0, 0.1) is 11.8 Å². The SMILES string of the molecule is CC(C)CC(CNC(=O)C1Cc2ccccc2CN1C(=O)c1ccco1)C(=O)O. The fourth-order valence-corrected chi connectivity index (χ4v) is 3.69. The van der Waals surface area contributed by atoms with Crippen molar-refractivity contribution in [2.75, 3.05) is 6.54 Å². The number of carbonyl (C=O) groups excluding carboxylic acids is 2. The molecule has 0 saturated heterocycles. The average molecular weight is 398 g/mol. The summed E-state index contributed by atoms with van der Waals surface area (Å²) < 4.78 is 5.24. The molecule has 3 rings (SSSR count). The van der Waals surface area contributed by atoms with E-state index >= 15 is 0 Å². The van der Waals surface area contributed by atoms with E-state index in [0.29, 0.717) is 19.4 Å². The van der Waals surface area contributed by atoms with Crippen LogP contribution in [0.15, 0.2) is 47.1 Å². The largest absolute Gasteiger partial charge is 0.481 e. The summed E-state index contributed by atoms with van der Waals surface area (Å²) in [6, 6.07) is 10.2. The van der Waals surface area contributed by atoms with Gasteiger partial charge in [-0.15, -0.1) is 0 Å². The molecule has 2 unspecified atom stereocenters. The Bertz CT molecular complexity index is 875. The molecule has 0 bridgehead atoms. The van der Waals surface area contributed by atoms with Gasteiger partial charge in [-0.1, -0.05) is 38.1 Å². The molecule has 154 valence electrons. The number of carboxylic acid groups (broad SMARTS) is 1. The van der Waals surface area contributed by atoms with Crippen LogP contribution in [0.5, 0.6) is 0 Å². The maximum absolute atomic E-state index is 13.0. The molecule has 0 fully saturated rings. The summed E-state index contributed by atoms with van der Waals surface area (Å²) in [6.07, 6.45) is 2.26. The van der Waals surface area contributed by atoms with Gasteiger partial charge in [0.05, 0.1) is 12.2 Å². The Morgan fingerprint density at radius 2 is 1.90 bits per heavy atom. The molecule has 0 saturated carbocycles. The van der Waals surface area contributed by atoms with Gasteiger partial charge in [-0.05, 0) is 35.6 Å². The molecule has 1 aliphatic rings. The first-order chi connectivity index (χ1) is 13.9. The summed E-state index contributed by atoms with van der Waals surface area (Å²) in [4.78, 5) is 38.9. The quantitative estimate of drug-likeness (QED) is 0.747. The van der Waals surface area contributed by atoms with Crippen molar-refractivity contribution in [1.82, 2.24) is 10.2 Å². The van der Waals surface area contributed by atoms with E-state index in [2.05, 4.69) is 5.32 Å². The predicted octanol–water partition coefficient (Wildman–Crippen LogP) is 2.71. The molecular weight excluding hydrogens is 372 g/mol. The fraction of sp³-hybridized carbons (Fsp3) is 0.409. The van der Waals surface area contributed by atoms with Gasteiger partial charge >= 0.3 is 5.97 Å². The first kappa shape index (κ1) is 20.6. The Balaban J connectivity index is 1.79. The highest BCUT2D eigenvalue weighted by atomic mass is 16.4. The second-order valence-electron chi connectivity index (χ2n) is 7.81. The standard InChI is InChI=1S/C22H26N2O5/c1-14(2)10-17(22(27)28)12-23-20(25)18-11-15-6-3-4-7-16(15)13-24(18)21(26)19-8-5-9-29-19/h3-9,14,17-18H,10-13H2,1-2H3,(H,23,25)(H,27,28). The average Bonchev–Trinajstić information content (AvgIpc) is 3.23. The van der Waals surface area contributed by atoms with Gasteiger partial charge in [0.25, 0.3) is 5.91 Å². The highest BCUT2D eigenvalue weighted by Gasteiger charge is 2.36. The minimum absolute atomic E-state index is 0.0350. The minimum atomic E-state index is -0.934. The van der Waals surface area contributed by atoms with Crippen LogP contribution in [0.3, 0.4) is 0 Å². The number of nitrogens with zero attached hydrogens (tertiary/aromatic N) is 1. The predicted molar refractivity (Wildman–Crippen MR) is 106 cm³/mol. The smallest absolute Gasteiger partial charge is 0.308 e. The first-order valence-electron chi connectivity index (χ1n) is 9.78. The second kappa shape index (κ2) is 8.94. The molecule has 29 heavy (non-hydrogen) atoms. The van der Waals surface area contributed by atoms with E-state index < -0.39 is 17.9 Å². The Kier molecular flexibility index (Phi) is 6.36. The molecular formula is C22H26N2O5. The van der Waals surface area contributed by atoms with Crippen molar-refractivity contribution in [1.29, 1.82) is 0 Å². The molecule has 2 N–H and O–H groups in total. The summed E-state index contributed by atoms with van der Waals surface area (Å²) in [7, 11) is 0. The zero-order valence-corrected chi connectivity index (χ0v) is 16.6. The Labute approximate surface area is 169 Å². The molecule has 7 nitrogen and oxygen atoms in total. The molecule has 1 aromatic heterocycles. The van der Waals surface area contributed by atoms with Gasteiger partial charge < -0.3 is 19.7 Å². The summed E-state index contributed by atoms with van der Waals surface area (Å²) in [5.74, 6) is -1.94. The van der Waals surface area contributed by atoms with Gasteiger partial charge in [0.15, 0.2) is 5.76 Å². The Morgan fingerprint density at radius 3 is 2.52 bits per heavy atom.